The lowest BCUT2D eigenvalue weighted by Crippen LogP contribution is -2.50. The fourth-order valence-electron chi connectivity index (χ4n) is 3.38. The molecule has 1 heterocycles. The second-order valence-corrected chi connectivity index (χ2v) is 6.32. The SMILES string of the molecule is COc1ccc(N(C)CC(=O)N2[C@H](C)CCC[C@H]2C)c(OC)c1. The molecule has 0 bridgehead atoms. The molecule has 128 valence electrons. The first kappa shape index (κ1) is 17.4. The van der Waals surface area contributed by atoms with Gasteiger partial charge >= 0.3 is 0 Å². The van der Waals surface area contributed by atoms with E-state index in [0.29, 0.717) is 24.4 Å². The highest BCUT2D eigenvalue weighted by Gasteiger charge is 2.29. The summed E-state index contributed by atoms with van der Waals surface area (Å²) >= 11 is 0. The monoisotopic (exact) mass is 320 g/mol. The normalized spacial score (nSPS) is 21.0. The summed E-state index contributed by atoms with van der Waals surface area (Å²) in [7, 11) is 5.17. The quantitative estimate of drug-likeness (QED) is 0.836. The van der Waals surface area contributed by atoms with Gasteiger partial charge in [-0.1, -0.05) is 0 Å². The lowest BCUT2D eigenvalue weighted by molar-refractivity contribution is -0.135. The molecule has 1 aliphatic rings. The van der Waals surface area contributed by atoms with Crippen molar-refractivity contribution in [2.24, 2.45) is 0 Å². The molecule has 1 aromatic carbocycles. The highest BCUT2D eigenvalue weighted by atomic mass is 16.5. The Balaban J connectivity index is 2.12. The lowest BCUT2D eigenvalue weighted by atomic mass is 9.97. The predicted octanol–water partition coefficient (Wildman–Crippen LogP) is 2.93. The third-order valence-corrected chi connectivity index (χ3v) is 4.65. The standard InChI is InChI=1S/C18H28N2O3/c1-13-7-6-8-14(2)20(13)18(21)12-19(3)16-10-9-15(22-4)11-17(16)23-5/h9-11,13-14H,6-8,12H2,1-5H3/t13-,14-/m1/s1. The van der Waals surface area contributed by atoms with E-state index in [9.17, 15) is 4.79 Å². The molecule has 2 rings (SSSR count). The molecule has 1 aliphatic heterocycles. The van der Waals surface area contributed by atoms with E-state index in [-0.39, 0.29) is 5.91 Å². The van der Waals surface area contributed by atoms with E-state index in [1.54, 1.807) is 14.2 Å². The minimum Gasteiger partial charge on any atom is -0.497 e. The van der Waals surface area contributed by atoms with Crippen LogP contribution in [0.25, 0.3) is 0 Å². The highest BCUT2D eigenvalue weighted by Crippen LogP contribution is 2.32. The molecule has 0 unspecified atom stereocenters. The van der Waals surface area contributed by atoms with E-state index in [2.05, 4.69) is 13.8 Å². The average Bonchev–Trinajstić information content (AvgIpc) is 2.53. The summed E-state index contributed by atoms with van der Waals surface area (Å²) in [5, 5.41) is 0. The number of carbonyl (C=O) groups is 1. The number of benzene rings is 1. The van der Waals surface area contributed by atoms with E-state index in [1.807, 2.05) is 35.0 Å². The summed E-state index contributed by atoms with van der Waals surface area (Å²) in [6.45, 7) is 4.63. The van der Waals surface area contributed by atoms with Crippen LogP contribution in [-0.2, 0) is 4.79 Å². The number of methoxy groups -OCH3 is 2. The number of ether oxygens (including phenoxy) is 2. The molecule has 0 spiro atoms. The third-order valence-electron chi connectivity index (χ3n) is 4.65. The zero-order valence-corrected chi connectivity index (χ0v) is 14.8. The summed E-state index contributed by atoms with van der Waals surface area (Å²) in [5.41, 5.74) is 0.888. The minimum absolute atomic E-state index is 0.171. The van der Waals surface area contributed by atoms with Crippen molar-refractivity contribution in [3.8, 4) is 11.5 Å². The summed E-state index contributed by atoms with van der Waals surface area (Å²) in [6, 6.07) is 6.27. The van der Waals surface area contributed by atoms with Crippen molar-refractivity contribution < 1.29 is 14.3 Å². The number of hydrogen-bond donors (Lipinski definition) is 0. The van der Waals surface area contributed by atoms with Gasteiger partial charge in [-0.05, 0) is 45.2 Å². The van der Waals surface area contributed by atoms with Gasteiger partial charge in [0.2, 0.25) is 5.91 Å². The molecule has 5 nitrogen and oxygen atoms in total. The number of carbonyl (C=O) groups excluding carboxylic acids is 1. The number of nitrogens with zero attached hydrogens (tertiary/aromatic N) is 2. The molecular weight excluding hydrogens is 292 g/mol. The van der Waals surface area contributed by atoms with Gasteiger partial charge in [-0.15, -0.1) is 0 Å². The molecule has 1 saturated heterocycles. The van der Waals surface area contributed by atoms with Crippen LogP contribution in [0.5, 0.6) is 11.5 Å². The van der Waals surface area contributed by atoms with Crippen LogP contribution in [-0.4, -0.2) is 50.7 Å². The Morgan fingerprint density at radius 1 is 1.22 bits per heavy atom. The van der Waals surface area contributed by atoms with Crippen LogP contribution in [0.15, 0.2) is 18.2 Å². The second-order valence-electron chi connectivity index (χ2n) is 6.32. The molecule has 0 saturated carbocycles. The van der Waals surface area contributed by atoms with E-state index >= 15 is 0 Å². The summed E-state index contributed by atoms with van der Waals surface area (Å²) in [6.07, 6.45) is 3.38. The molecule has 1 amide bonds. The van der Waals surface area contributed by atoms with E-state index in [4.69, 9.17) is 9.47 Å². The average molecular weight is 320 g/mol. The van der Waals surface area contributed by atoms with Crippen molar-refractivity contribution in [3.63, 3.8) is 0 Å². The number of amides is 1. The highest BCUT2D eigenvalue weighted by molar-refractivity contribution is 5.82. The molecular formula is C18H28N2O3. The Kier molecular flexibility index (Phi) is 5.74. The molecule has 0 N–H and O–H groups in total. The van der Waals surface area contributed by atoms with Crippen LogP contribution in [0, 0.1) is 0 Å². The van der Waals surface area contributed by atoms with Crippen LogP contribution in [0.2, 0.25) is 0 Å². The summed E-state index contributed by atoms with van der Waals surface area (Å²) in [5.74, 6) is 1.62. The fourth-order valence-corrected chi connectivity index (χ4v) is 3.38. The van der Waals surface area contributed by atoms with Crippen molar-refractivity contribution in [3.05, 3.63) is 18.2 Å². The van der Waals surface area contributed by atoms with Crippen molar-refractivity contribution in [2.75, 3.05) is 32.7 Å². The Bertz CT molecular complexity index is 537. The number of likely N-dealkylation sites (tertiary alicyclic amines) is 1. The first-order valence-electron chi connectivity index (χ1n) is 8.22. The van der Waals surface area contributed by atoms with Gasteiger partial charge in [-0.2, -0.15) is 0 Å². The summed E-state index contributed by atoms with van der Waals surface area (Å²) in [4.78, 5) is 16.7. The van der Waals surface area contributed by atoms with Crippen molar-refractivity contribution in [2.45, 2.75) is 45.2 Å². The molecule has 1 fully saturated rings. The van der Waals surface area contributed by atoms with Crippen LogP contribution in [0.1, 0.15) is 33.1 Å². The smallest absolute Gasteiger partial charge is 0.242 e. The Morgan fingerprint density at radius 2 is 1.87 bits per heavy atom. The maximum Gasteiger partial charge on any atom is 0.242 e. The maximum absolute atomic E-state index is 12.7. The van der Waals surface area contributed by atoms with Gasteiger partial charge in [0.25, 0.3) is 0 Å². The zero-order chi connectivity index (χ0) is 17.0. The molecule has 5 heteroatoms. The molecule has 2 atom stereocenters. The first-order chi connectivity index (χ1) is 11.0. The van der Waals surface area contributed by atoms with Gasteiger partial charge in [0.1, 0.15) is 11.5 Å². The summed E-state index contributed by atoms with van der Waals surface area (Å²) < 4.78 is 10.7. The fraction of sp³-hybridized carbons (Fsp3) is 0.611. The van der Waals surface area contributed by atoms with E-state index in [1.165, 1.54) is 6.42 Å². The molecule has 1 aromatic rings. The van der Waals surface area contributed by atoms with E-state index < -0.39 is 0 Å². The van der Waals surface area contributed by atoms with Crippen molar-refractivity contribution >= 4 is 11.6 Å². The number of rotatable bonds is 5. The van der Waals surface area contributed by atoms with Crippen LogP contribution < -0.4 is 14.4 Å². The predicted molar refractivity (Wildman–Crippen MR) is 92.4 cm³/mol. The minimum atomic E-state index is 0.171. The largest absolute Gasteiger partial charge is 0.497 e. The number of anilines is 1. The Labute approximate surface area is 139 Å². The lowest BCUT2D eigenvalue weighted by Gasteiger charge is -2.40. The topological polar surface area (TPSA) is 42.0 Å². The van der Waals surface area contributed by atoms with Gasteiger partial charge in [-0.25, -0.2) is 0 Å². The van der Waals surface area contributed by atoms with Gasteiger partial charge in [-0.3, -0.25) is 4.79 Å². The second kappa shape index (κ2) is 7.57. The van der Waals surface area contributed by atoms with Gasteiger partial charge in [0.15, 0.2) is 0 Å². The maximum atomic E-state index is 12.7. The number of hydrogen-bond acceptors (Lipinski definition) is 4. The van der Waals surface area contributed by atoms with Crippen LogP contribution in [0.4, 0.5) is 5.69 Å². The Morgan fingerprint density at radius 3 is 2.43 bits per heavy atom. The third kappa shape index (κ3) is 3.89. The Hall–Kier alpha value is -1.91. The number of piperidine rings is 1. The van der Waals surface area contributed by atoms with Gasteiger partial charge < -0.3 is 19.3 Å². The molecule has 0 radical (unpaired) electrons. The van der Waals surface area contributed by atoms with Gasteiger partial charge in [0, 0.05) is 25.2 Å². The zero-order valence-electron chi connectivity index (χ0n) is 14.8. The van der Waals surface area contributed by atoms with Crippen molar-refractivity contribution in [1.29, 1.82) is 0 Å². The molecule has 0 aliphatic carbocycles. The van der Waals surface area contributed by atoms with Crippen molar-refractivity contribution in [1.82, 2.24) is 4.90 Å². The molecule has 23 heavy (non-hydrogen) atoms. The first-order valence-corrected chi connectivity index (χ1v) is 8.22. The molecule has 0 aromatic heterocycles. The van der Waals surface area contributed by atoms with Crippen LogP contribution >= 0.6 is 0 Å². The van der Waals surface area contributed by atoms with Crippen LogP contribution in [0.3, 0.4) is 0 Å². The van der Waals surface area contributed by atoms with Gasteiger partial charge in [0.05, 0.1) is 26.5 Å². The number of likely N-dealkylation sites (N-methyl/N-ethyl adjacent to an activating group) is 1. The van der Waals surface area contributed by atoms with E-state index in [0.717, 1.165) is 24.3 Å².